The van der Waals surface area contributed by atoms with Crippen molar-refractivity contribution in [3.8, 4) is 0 Å². The quantitative estimate of drug-likeness (QED) is 0.770. The van der Waals surface area contributed by atoms with Crippen LogP contribution >= 0.6 is 11.6 Å². The number of carbonyl (C=O) groups excluding carboxylic acids is 2. The van der Waals surface area contributed by atoms with Crippen molar-refractivity contribution in [2.45, 2.75) is 39.2 Å². The highest BCUT2D eigenvalue weighted by molar-refractivity contribution is 6.30. The van der Waals surface area contributed by atoms with Crippen molar-refractivity contribution in [1.29, 1.82) is 0 Å². The van der Waals surface area contributed by atoms with E-state index in [1.165, 1.54) is 4.90 Å². The highest BCUT2D eigenvalue weighted by Crippen LogP contribution is 2.23. The van der Waals surface area contributed by atoms with Crippen LogP contribution in [0.25, 0.3) is 0 Å². The van der Waals surface area contributed by atoms with Crippen LogP contribution in [0.1, 0.15) is 36.9 Å². The summed E-state index contributed by atoms with van der Waals surface area (Å²) < 4.78 is 1.55. The first kappa shape index (κ1) is 13.1. The molecule has 1 aromatic rings. The molecule has 0 radical (unpaired) electrons. The molecule has 0 N–H and O–H groups in total. The van der Waals surface area contributed by atoms with Gasteiger partial charge in [0, 0.05) is 25.5 Å². The van der Waals surface area contributed by atoms with Gasteiger partial charge >= 0.3 is 0 Å². The van der Waals surface area contributed by atoms with Gasteiger partial charge in [-0.2, -0.15) is 5.10 Å². The molecule has 2 amide bonds. The van der Waals surface area contributed by atoms with Crippen LogP contribution < -0.4 is 0 Å². The molecule has 6 heteroatoms. The van der Waals surface area contributed by atoms with E-state index >= 15 is 0 Å². The van der Waals surface area contributed by atoms with Crippen molar-refractivity contribution >= 4 is 23.4 Å². The summed E-state index contributed by atoms with van der Waals surface area (Å²) in [5, 5.41) is 4.67. The van der Waals surface area contributed by atoms with Gasteiger partial charge < -0.3 is 0 Å². The second-order valence-corrected chi connectivity index (χ2v) is 4.92. The van der Waals surface area contributed by atoms with Crippen LogP contribution in [-0.2, 0) is 23.2 Å². The average Bonchev–Trinajstić information content (AvgIpc) is 2.47. The molecule has 5 nitrogen and oxygen atoms in total. The van der Waals surface area contributed by atoms with Gasteiger partial charge in [-0.1, -0.05) is 11.6 Å². The molecule has 0 atom stereocenters. The third-order valence-corrected chi connectivity index (χ3v) is 3.69. The number of carbonyl (C=O) groups is 2. The maximum Gasteiger partial charge on any atom is 0.229 e. The Morgan fingerprint density at radius 3 is 2.22 bits per heavy atom. The molecule has 1 aliphatic heterocycles. The standard InChI is InChI=1S/C12H16ClN3O2/c1-8-9(12(13)15(2)14-8)7-16-10(17)5-3-4-6-11(16)18/h3-7H2,1-2H3. The Hall–Kier alpha value is -1.36. The summed E-state index contributed by atoms with van der Waals surface area (Å²) in [5.41, 5.74) is 1.51. The largest absolute Gasteiger partial charge is 0.278 e. The van der Waals surface area contributed by atoms with Crippen LogP contribution in [0.3, 0.4) is 0 Å². The van der Waals surface area contributed by atoms with E-state index in [1.807, 2.05) is 6.92 Å². The van der Waals surface area contributed by atoms with Gasteiger partial charge in [0.2, 0.25) is 11.8 Å². The van der Waals surface area contributed by atoms with E-state index in [9.17, 15) is 9.59 Å². The van der Waals surface area contributed by atoms with Gasteiger partial charge in [-0.25, -0.2) is 0 Å². The highest BCUT2D eigenvalue weighted by atomic mass is 35.5. The summed E-state index contributed by atoms with van der Waals surface area (Å²) in [6.07, 6.45) is 2.42. The summed E-state index contributed by atoms with van der Waals surface area (Å²) in [6, 6.07) is 0. The first-order valence-electron chi connectivity index (χ1n) is 6.02. The van der Waals surface area contributed by atoms with Gasteiger partial charge in [-0.3, -0.25) is 19.2 Å². The number of aromatic nitrogens is 2. The second-order valence-electron chi connectivity index (χ2n) is 4.56. The zero-order valence-corrected chi connectivity index (χ0v) is 11.3. The summed E-state index contributed by atoms with van der Waals surface area (Å²) in [6.45, 7) is 2.06. The fourth-order valence-corrected chi connectivity index (χ4v) is 2.38. The Kier molecular flexibility index (Phi) is 3.71. The van der Waals surface area contributed by atoms with E-state index in [4.69, 9.17) is 11.6 Å². The number of halogens is 1. The molecular weight excluding hydrogens is 254 g/mol. The maximum absolute atomic E-state index is 11.9. The lowest BCUT2D eigenvalue weighted by atomic mass is 10.2. The zero-order valence-electron chi connectivity index (χ0n) is 10.6. The van der Waals surface area contributed by atoms with E-state index in [1.54, 1.807) is 11.7 Å². The number of nitrogens with zero attached hydrogens (tertiary/aromatic N) is 3. The van der Waals surface area contributed by atoms with E-state index in [0.717, 1.165) is 24.1 Å². The topological polar surface area (TPSA) is 55.2 Å². The molecule has 0 bridgehead atoms. The summed E-state index contributed by atoms with van der Waals surface area (Å²) in [5.74, 6) is -0.228. The third-order valence-electron chi connectivity index (χ3n) is 3.22. The average molecular weight is 270 g/mol. The third kappa shape index (κ3) is 2.41. The van der Waals surface area contributed by atoms with Crippen molar-refractivity contribution in [3.63, 3.8) is 0 Å². The number of hydrogen-bond donors (Lipinski definition) is 0. The van der Waals surface area contributed by atoms with Gasteiger partial charge in [0.1, 0.15) is 5.15 Å². The van der Waals surface area contributed by atoms with Crippen molar-refractivity contribution in [3.05, 3.63) is 16.4 Å². The molecule has 98 valence electrons. The van der Waals surface area contributed by atoms with Gasteiger partial charge in [0.25, 0.3) is 0 Å². The molecule has 0 spiro atoms. The van der Waals surface area contributed by atoms with Crippen LogP contribution in [0, 0.1) is 6.92 Å². The number of rotatable bonds is 2. The van der Waals surface area contributed by atoms with Crippen molar-refractivity contribution < 1.29 is 9.59 Å². The molecule has 18 heavy (non-hydrogen) atoms. The van der Waals surface area contributed by atoms with Gasteiger partial charge in [0.15, 0.2) is 0 Å². The fraction of sp³-hybridized carbons (Fsp3) is 0.583. The zero-order chi connectivity index (χ0) is 13.3. The van der Waals surface area contributed by atoms with Crippen LogP contribution in [0.15, 0.2) is 0 Å². The SMILES string of the molecule is Cc1nn(C)c(Cl)c1CN1C(=O)CCCCC1=O. The first-order chi connectivity index (χ1) is 8.50. The Morgan fingerprint density at radius 1 is 1.22 bits per heavy atom. The lowest BCUT2D eigenvalue weighted by molar-refractivity contribution is -0.144. The summed E-state index contributed by atoms with van der Waals surface area (Å²) in [7, 11) is 1.74. The van der Waals surface area contributed by atoms with Crippen LogP contribution in [0.4, 0.5) is 0 Å². The first-order valence-corrected chi connectivity index (χ1v) is 6.39. The number of likely N-dealkylation sites (tertiary alicyclic amines) is 1. The number of hydrogen-bond acceptors (Lipinski definition) is 3. The molecule has 2 rings (SSSR count). The highest BCUT2D eigenvalue weighted by Gasteiger charge is 2.26. The van der Waals surface area contributed by atoms with Crippen LogP contribution in [-0.4, -0.2) is 26.5 Å². The summed E-state index contributed by atoms with van der Waals surface area (Å²) >= 11 is 6.12. The van der Waals surface area contributed by atoms with Gasteiger partial charge in [-0.05, 0) is 19.8 Å². The normalized spacial score (nSPS) is 17.2. The minimum Gasteiger partial charge on any atom is -0.278 e. The second kappa shape index (κ2) is 5.10. The predicted molar refractivity (Wildman–Crippen MR) is 67.0 cm³/mol. The predicted octanol–water partition coefficient (Wildman–Crippen LogP) is 1.81. The minimum absolute atomic E-state index is 0.114. The molecule has 1 aliphatic rings. The van der Waals surface area contributed by atoms with Gasteiger partial charge in [0.05, 0.1) is 12.2 Å². The van der Waals surface area contributed by atoms with Crippen molar-refractivity contribution in [2.24, 2.45) is 7.05 Å². The smallest absolute Gasteiger partial charge is 0.229 e. The number of amides is 2. The van der Waals surface area contributed by atoms with E-state index < -0.39 is 0 Å². The van der Waals surface area contributed by atoms with Gasteiger partial charge in [-0.15, -0.1) is 0 Å². The maximum atomic E-state index is 11.9. The molecule has 0 aliphatic carbocycles. The molecule has 0 aromatic carbocycles. The van der Waals surface area contributed by atoms with E-state index in [0.29, 0.717) is 18.0 Å². The monoisotopic (exact) mass is 269 g/mol. The minimum atomic E-state index is -0.114. The molecule has 1 fully saturated rings. The Balaban J connectivity index is 2.25. The van der Waals surface area contributed by atoms with Crippen LogP contribution in [0.2, 0.25) is 5.15 Å². The Bertz CT molecular complexity index is 478. The molecule has 0 saturated carbocycles. The molecule has 1 saturated heterocycles. The number of imide groups is 1. The molecule has 1 aromatic heterocycles. The van der Waals surface area contributed by atoms with Crippen LogP contribution in [0.5, 0.6) is 0 Å². The molecular formula is C12H16ClN3O2. The lowest BCUT2D eigenvalue weighted by Gasteiger charge is -2.18. The molecule has 2 heterocycles. The van der Waals surface area contributed by atoms with E-state index in [-0.39, 0.29) is 18.4 Å². The Morgan fingerprint density at radius 2 is 1.78 bits per heavy atom. The number of aryl methyl sites for hydroxylation is 2. The van der Waals surface area contributed by atoms with E-state index in [2.05, 4.69) is 5.10 Å². The Labute approximate surface area is 111 Å². The fourth-order valence-electron chi connectivity index (χ4n) is 2.15. The van der Waals surface area contributed by atoms with Crippen molar-refractivity contribution in [2.75, 3.05) is 0 Å². The molecule has 0 unspecified atom stereocenters. The van der Waals surface area contributed by atoms with Crippen molar-refractivity contribution in [1.82, 2.24) is 14.7 Å². The summed E-state index contributed by atoms with van der Waals surface area (Å²) in [4.78, 5) is 25.1. The lowest BCUT2D eigenvalue weighted by Crippen LogP contribution is -2.34.